The Hall–Kier alpha value is -0.0800. The second-order valence-corrected chi connectivity index (χ2v) is 6.50. The third-order valence-electron chi connectivity index (χ3n) is 5.09. The molecule has 0 aliphatic heterocycles. The van der Waals surface area contributed by atoms with Gasteiger partial charge in [0.1, 0.15) is 0 Å². The summed E-state index contributed by atoms with van der Waals surface area (Å²) in [6.45, 7) is 4.28. The van der Waals surface area contributed by atoms with Crippen LogP contribution in [0, 0.1) is 5.92 Å². The first-order valence-electron chi connectivity index (χ1n) is 8.75. The van der Waals surface area contributed by atoms with Gasteiger partial charge >= 0.3 is 0 Å². The van der Waals surface area contributed by atoms with Crippen LogP contribution >= 0.6 is 0 Å². The largest absolute Gasteiger partial charge is 0.377 e. The van der Waals surface area contributed by atoms with E-state index in [-0.39, 0.29) is 0 Å². The Morgan fingerprint density at radius 3 is 2.32 bits per heavy atom. The quantitative estimate of drug-likeness (QED) is 0.573. The summed E-state index contributed by atoms with van der Waals surface area (Å²) < 4.78 is 6.15. The predicted molar refractivity (Wildman–Crippen MR) is 81.5 cm³/mol. The monoisotopic (exact) mass is 267 g/mol. The van der Waals surface area contributed by atoms with Gasteiger partial charge in [0.05, 0.1) is 12.7 Å². The predicted octanol–water partition coefficient (Wildman–Crippen LogP) is 4.28. The lowest BCUT2D eigenvalue weighted by Gasteiger charge is -2.31. The first-order chi connectivity index (χ1) is 9.40. The van der Waals surface area contributed by atoms with Crippen LogP contribution in [0.15, 0.2) is 0 Å². The number of nitrogens with one attached hydrogen (secondary N) is 1. The van der Waals surface area contributed by atoms with Crippen molar-refractivity contribution in [2.24, 2.45) is 5.92 Å². The van der Waals surface area contributed by atoms with Crippen LogP contribution in [0.5, 0.6) is 0 Å². The van der Waals surface area contributed by atoms with E-state index in [2.05, 4.69) is 12.2 Å². The fourth-order valence-corrected chi connectivity index (χ4v) is 3.82. The van der Waals surface area contributed by atoms with Crippen molar-refractivity contribution in [1.29, 1.82) is 0 Å². The highest BCUT2D eigenvalue weighted by atomic mass is 16.5. The van der Waals surface area contributed by atoms with E-state index in [0.29, 0.717) is 6.10 Å². The van der Waals surface area contributed by atoms with Crippen molar-refractivity contribution < 1.29 is 4.74 Å². The molecule has 0 aromatic heterocycles. The molecule has 2 saturated carbocycles. The molecule has 0 heterocycles. The average molecular weight is 267 g/mol. The van der Waals surface area contributed by atoms with Crippen molar-refractivity contribution in [3.63, 3.8) is 0 Å². The second-order valence-electron chi connectivity index (χ2n) is 6.50. The highest BCUT2D eigenvalue weighted by Crippen LogP contribution is 2.28. The van der Waals surface area contributed by atoms with Gasteiger partial charge in [-0.2, -0.15) is 0 Å². The molecule has 0 radical (unpaired) electrons. The van der Waals surface area contributed by atoms with Gasteiger partial charge in [-0.1, -0.05) is 51.9 Å². The summed E-state index contributed by atoms with van der Waals surface area (Å²) >= 11 is 0. The number of ether oxygens (including phenoxy) is 1. The van der Waals surface area contributed by atoms with E-state index in [1.165, 1.54) is 70.6 Å². The summed E-state index contributed by atoms with van der Waals surface area (Å²) in [5.41, 5.74) is 0. The normalized spacial score (nSPS) is 30.2. The van der Waals surface area contributed by atoms with Crippen LogP contribution in [-0.4, -0.2) is 25.3 Å². The van der Waals surface area contributed by atoms with Crippen LogP contribution in [0.2, 0.25) is 0 Å². The molecule has 2 atom stereocenters. The van der Waals surface area contributed by atoms with Gasteiger partial charge in [0, 0.05) is 12.6 Å². The van der Waals surface area contributed by atoms with E-state index >= 15 is 0 Å². The Kier molecular flexibility index (Phi) is 7.23. The average Bonchev–Trinajstić information content (AvgIpc) is 2.72. The van der Waals surface area contributed by atoms with Crippen LogP contribution in [0.3, 0.4) is 0 Å². The van der Waals surface area contributed by atoms with Crippen LogP contribution in [0.25, 0.3) is 0 Å². The van der Waals surface area contributed by atoms with Crippen LogP contribution < -0.4 is 5.32 Å². The molecule has 2 rings (SSSR count). The molecule has 0 saturated heterocycles. The Labute approximate surface area is 119 Å². The zero-order valence-corrected chi connectivity index (χ0v) is 12.8. The highest BCUT2D eigenvalue weighted by Gasteiger charge is 2.24. The third-order valence-corrected chi connectivity index (χ3v) is 5.09. The van der Waals surface area contributed by atoms with E-state index in [9.17, 15) is 0 Å². The lowest BCUT2D eigenvalue weighted by Crippen LogP contribution is -2.34. The molecule has 2 aliphatic rings. The van der Waals surface area contributed by atoms with Gasteiger partial charge in [-0.15, -0.1) is 0 Å². The SMILES string of the molecule is CCC1CCCCC1OCCNC1CCCCCC1. The molecular formula is C17H33NO. The van der Waals surface area contributed by atoms with Gasteiger partial charge in [-0.05, 0) is 31.6 Å². The maximum absolute atomic E-state index is 6.15. The first kappa shape index (κ1) is 15.3. The minimum atomic E-state index is 0.551. The van der Waals surface area contributed by atoms with Crippen LogP contribution in [0.1, 0.15) is 77.6 Å². The molecule has 2 fully saturated rings. The topological polar surface area (TPSA) is 21.3 Å². The standard InChI is InChI=1S/C17H33NO/c1-2-15-9-7-8-12-17(15)19-14-13-18-16-10-5-3-4-6-11-16/h15-18H,2-14H2,1H3. The lowest BCUT2D eigenvalue weighted by molar-refractivity contribution is -0.0110. The Morgan fingerprint density at radius 2 is 1.58 bits per heavy atom. The van der Waals surface area contributed by atoms with Crippen molar-refractivity contribution >= 4 is 0 Å². The van der Waals surface area contributed by atoms with Gasteiger partial charge < -0.3 is 10.1 Å². The molecule has 2 nitrogen and oxygen atoms in total. The molecule has 1 N–H and O–H groups in total. The highest BCUT2D eigenvalue weighted by molar-refractivity contribution is 4.75. The van der Waals surface area contributed by atoms with Crippen molar-refractivity contribution in [3.05, 3.63) is 0 Å². The number of rotatable bonds is 6. The van der Waals surface area contributed by atoms with Gasteiger partial charge in [-0.25, -0.2) is 0 Å². The zero-order valence-electron chi connectivity index (χ0n) is 12.8. The minimum Gasteiger partial charge on any atom is -0.377 e. The molecular weight excluding hydrogens is 234 g/mol. The molecule has 2 aliphatic carbocycles. The summed E-state index contributed by atoms with van der Waals surface area (Å²) in [5, 5.41) is 3.71. The maximum atomic E-state index is 6.15. The molecule has 0 bridgehead atoms. The molecule has 0 spiro atoms. The van der Waals surface area contributed by atoms with Gasteiger partial charge in [0.2, 0.25) is 0 Å². The third kappa shape index (κ3) is 5.43. The van der Waals surface area contributed by atoms with Gasteiger partial charge in [-0.3, -0.25) is 0 Å². The molecule has 2 heteroatoms. The fraction of sp³-hybridized carbons (Fsp3) is 1.00. The van der Waals surface area contributed by atoms with E-state index in [1.807, 2.05) is 0 Å². The summed E-state index contributed by atoms with van der Waals surface area (Å²) in [5.74, 6) is 0.826. The lowest BCUT2D eigenvalue weighted by atomic mass is 9.85. The minimum absolute atomic E-state index is 0.551. The Bertz CT molecular complexity index is 223. The van der Waals surface area contributed by atoms with Crippen LogP contribution in [-0.2, 0) is 4.74 Å². The molecule has 0 aromatic rings. The molecule has 2 unspecified atom stereocenters. The Balaban J connectivity index is 1.57. The number of hydrogen-bond donors (Lipinski definition) is 1. The van der Waals surface area contributed by atoms with Crippen molar-refractivity contribution in [3.8, 4) is 0 Å². The summed E-state index contributed by atoms with van der Waals surface area (Å²) in [6, 6.07) is 0.763. The summed E-state index contributed by atoms with van der Waals surface area (Å²) in [6.07, 6.45) is 15.8. The van der Waals surface area contributed by atoms with E-state index in [0.717, 1.165) is 25.1 Å². The fourth-order valence-electron chi connectivity index (χ4n) is 3.82. The smallest absolute Gasteiger partial charge is 0.0603 e. The van der Waals surface area contributed by atoms with Gasteiger partial charge in [0.15, 0.2) is 0 Å². The van der Waals surface area contributed by atoms with E-state index < -0.39 is 0 Å². The summed E-state index contributed by atoms with van der Waals surface area (Å²) in [7, 11) is 0. The molecule has 0 amide bonds. The zero-order chi connectivity index (χ0) is 13.3. The molecule has 19 heavy (non-hydrogen) atoms. The van der Waals surface area contributed by atoms with E-state index in [4.69, 9.17) is 4.74 Å². The maximum Gasteiger partial charge on any atom is 0.0603 e. The molecule has 112 valence electrons. The van der Waals surface area contributed by atoms with Crippen molar-refractivity contribution in [1.82, 2.24) is 5.32 Å². The number of hydrogen-bond acceptors (Lipinski definition) is 2. The second kappa shape index (κ2) is 8.97. The Morgan fingerprint density at radius 1 is 0.895 bits per heavy atom. The van der Waals surface area contributed by atoms with E-state index in [1.54, 1.807) is 0 Å². The molecule has 0 aromatic carbocycles. The van der Waals surface area contributed by atoms with Crippen molar-refractivity contribution in [2.75, 3.05) is 13.2 Å². The first-order valence-corrected chi connectivity index (χ1v) is 8.75. The van der Waals surface area contributed by atoms with Crippen LogP contribution in [0.4, 0.5) is 0 Å². The summed E-state index contributed by atoms with van der Waals surface area (Å²) in [4.78, 5) is 0. The van der Waals surface area contributed by atoms with Gasteiger partial charge in [0.25, 0.3) is 0 Å². The van der Waals surface area contributed by atoms with Crippen molar-refractivity contribution in [2.45, 2.75) is 89.7 Å².